The van der Waals surface area contributed by atoms with Crippen molar-refractivity contribution in [3.05, 3.63) is 101 Å². The van der Waals surface area contributed by atoms with E-state index in [4.69, 9.17) is 0 Å². The van der Waals surface area contributed by atoms with Crippen molar-refractivity contribution < 1.29 is 0 Å². The third-order valence-electron chi connectivity index (χ3n) is 4.92. The van der Waals surface area contributed by atoms with E-state index in [0.29, 0.717) is 0 Å². The lowest BCUT2D eigenvalue weighted by Gasteiger charge is -2.15. The summed E-state index contributed by atoms with van der Waals surface area (Å²) in [5, 5.41) is 2.59. The molecule has 0 fully saturated rings. The van der Waals surface area contributed by atoms with Crippen molar-refractivity contribution in [2.45, 2.75) is 34.1 Å². The number of benzene rings is 3. The van der Waals surface area contributed by atoms with Gasteiger partial charge in [-0.3, -0.25) is 0 Å². The molecule has 0 aliphatic heterocycles. The van der Waals surface area contributed by atoms with Crippen LogP contribution in [0.2, 0.25) is 0 Å². The average Bonchev–Trinajstić information content (AvgIpc) is 2.80. The molecule has 4 rings (SSSR count). The molecule has 0 bridgehead atoms. The fourth-order valence-electron chi connectivity index (χ4n) is 3.47. The molecule has 0 aromatic heterocycles. The second-order valence-electron chi connectivity index (χ2n) is 6.31. The first-order chi connectivity index (χ1) is 12.2. The van der Waals surface area contributed by atoms with E-state index in [1.54, 1.807) is 0 Å². The Hall–Kier alpha value is -2.60. The van der Waals surface area contributed by atoms with Crippen molar-refractivity contribution in [2.24, 2.45) is 0 Å². The van der Waals surface area contributed by atoms with Gasteiger partial charge in [0, 0.05) is 0 Å². The van der Waals surface area contributed by atoms with E-state index < -0.39 is 0 Å². The molecule has 0 unspecified atom stereocenters. The molecule has 0 heteroatoms. The smallest absolute Gasteiger partial charge is 0.00765 e. The molecule has 0 saturated heterocycles. The zero-order valence-electron chi connectivity index (χ0n) is 15.6. The summed E-state index contributed by atoms with van der Waals surface area (Å²) in [6.07, 6.45) is 3.36. The van der Waals surface area contributed by atoms with E-state index in [0.717, 1.165) is 6.42 Å². The molecular formula is C25H26. The highest BCUT2D eigenvalue weighted by atomic mass is 14.2. The summed E-state index contributed by atoms with van der Waals surface area (Å²) in [5.74, 6) is 0. The summed E-state index contributed by atoms with van der Waals surface area (Å²) in [6.45, 7) is 8.47. The number of allylic oxidation sites excluding steroid dienone is 3. The quantitative estimate of drug-likeness (QED) is 0.444. The number of hydrogen-bond acceptors (Lipinski definition) is 0. The number of fused-ring (bicyclic) bond motifs is 2. The van der Waals surface area contributed by atoms with Crippen LogP contribution in [-0.4, -0.2) is 0 Å². The zero-order chi connectivity index (χ0) is 17.8. The van der Waals surface area contributed by atoms with Crippen LogP contribution in [0.1, 0.15) is 44.4 Å². The molecule has 3 aromatic rings. The maximum absolute atomic E-state index is 2.35. The summed E-state index contributed by atoms with van der Waals surface area (Å²) in [4.78, 5) is 0. The monoisotopic (exact) mass is 326 g/mol. The molecule has 0 radical (unpaired) electrons. The standard InChI is InChI=1S/C23H20.C2H6/c1-16-11-12-19-8-5-6-10-22(19)23(17(16)2)21-14-13-18-7-3-4-9-20(18)15-21;1-2/h3-11,13-15H,12H2,1-2H3;1-2H3. The molecule has 0 amide bonds. The van der Waals surface area contributed by atoms with Crippen molar-refractivity contribution >= 4 is 16.3 Å². The topological polar surface area (TPSA) is 0 Å². The van der Waals surface area contributed by atoms with Gasteiger partial charge in [0.15, 0.2) is 0 Å². The maximum Gasteiger partial charge on any atom is -0.00765 e. The van der Waals surface area contributed by atoms with E-state index in [1.807, 2.05) is 13.8 Å². The van der Waals surface area contributed by atoms with Gasteiger partial charge in [0.25, 0.3) is 0 Å². The van der Waals surface area contributed by atoms with E-state index >= 15 is 0 Å². The van der Waals surface area contributed by atoms with Crippen LogP contribution >= 0.6 is 0 Å². The van der Waals surface area contributed by atoms with Crippen LogP contribution in [-0.2, 0) is 6.42 Å². The van der Waals surface area contributed by atoms with Gasteiger partial charge >= 0.3 is 0 Å². The van der Waals surface area contributed by atoms with Gasteiger partial charge in [-0.25, -0.2) is 0 Å². The maximum atomic E-state index is 2.35. The van der Waals surface area contributed by atoms with Crippen molar-refractivity contribution in [3.63, 3.8) is 0 Å². The highest BCUT2D eigenvalue weighted by molar-refractivity contribution is 5.92. The van der Waals surface area contributed by atoms with Gasteiger partial charge in [0.05, 0.1) is 0 Å². The minimum Gasteiger partial charge on any atom is -0.0769 e. The van der Waals surface area contributed by atoms with Crippen molar-refractivity contribution in [1.29, 1.82) is 0 Å². The van der Waals surface area contributed by atoms with E-state index in [9.17, 15) is 0 Å². The fraction of sp³-hybridized carbons (Fsp3) is 0.200. The molecule has 0 N–H and O–H groups in total. The van der Waals surface area contributed by atoms with Gasteiger partial charge in [0.1, 0.15) is 0 Å². The highest BCUT2D eigenvalue weighted by Crippen LogP contribution is 2.36. The van der Waals surface area contributed by atoms with Gasteiger partial charge in [-0.15, -0.1) is 0 Å². The first kappa shape index (κ1) is 17.2. The van der Waals surface area contributed by atoms with Gasteiger partial charge in [0.2, 0.25) is 0 Å². The predicted octanol–water partition coefficient (Wildman–Crippen LogP) is 7.19. The predicted molar refractivity (Wildman–Crippen MR) is 111 cm³/mol. The molecule has 25 heavy (non-hydrogen) atoms. The molecule has 0 spiro atoms. The van der Waals surface area contributed by atoms with Crippen LogP contribution in [0.15, 0.2) is 84.0 Å². The molecule has 0 heterocycles. The molecule has 0 atom stereocenters. The molecule has 126 valence electrons. The van der Waals surface area contributed by atoms with Crippen LogP contribution in [0.3, 0.4) is 0 Å². The average molecular weight is 326 g/mol. The Bertz CT molecular complexity index is 954. The Morgan fingerprint density at radius 1 is 0.720 bits per heavy atom. The first-order valence-electron chi connectivity index (χ1n) is 9.19. The Labute approximate surface area is 151 Å². The minimum absolute atomic E-state index is 1.01. The van der Waals surface area contributed by atoms with Crippen LogP contribution in [0.25, 0.3) is 16.3 Å². The second-order valence-corrected chi connectivity index (χ2v) is 6.31. The summed E-state index contributed by atoms with van der Waals surface area (Å²) < 4.78 is 0. The molecular weight excluding hydrogens is 300 g/mol. The summed E-state index contributed by atoms with van der Waals surface area (Å²) in [5.41, 5.74) is 8.22. The van der Waals surface area contributed by atoms with E-state index in [-0.39, 0.29) is 0 Å². The molecule has 1 aliphatic rings. The third kappa shape index (κ3) is 3.30. The lowest BCUT2D eigenvalue weighted by Crippen LogP contribution is -1.95. The van der Waals surface area contributed by atoms with Crippen molar-refractivity contribution in [3.8, 4) is 0 Å². The van der Waals surface area contributed by atoms with E-state index in [1.165, 1.54) is 44.2 Å². The Kier molecular flexibility index (Phi) is 5.19. The number of rotatable bonds is 1. The van der Waals surface area contributed by atoms with Crippen LogP contribution in [0.5, 0.6) is 0 Å². The largest absolute Gasteiger partial charge is 0.0769 e. The summed E-state index contributed by atoms with van der Waals surface area (Å²) in [7, 11) is 0. The minimum atomic E-state index is 1.01. The summed E-state index contributed by atoms with van der Waals surface area (Å²) in [6, 6.07) is 24.2. The van der Waals surface area contributed by atoms with Crippen molar-refractivity contribution in [2.75, 3.05) is 0 Å². The summed E-state index contributed by atoms with van der Waals surface area (Å²) >= 11 is 0. The van der Waals surface area contributed by atoms with Gasteiger partial charge in [-0.05, 0) is 64.9 Å². The SMILES string of the molecule is CC.CC1=CCc2ccccc2C(c2ccc3ccccc3c2)=C1C. The van der Waals surface area contributed by atoms with Gasteiger partial charge in [-0.1, -0.05) is 86.2 Å². The molecule has 0 saturated carbocycles. The van der Waals surface area contributed by atoms with Gasteiger partial charge < -0.3 is 0 Å². The lowest BCUT2D eigenvalue weighted by atomic mass is 9.89. The van der Waals surface area contributed by atoms with Crippen LogP contribution in [0.4, 0.5) is 0 Å². The molecule has 0 nitrogen and oxygen atoms in total. The Morgan fingerprint density at radius 2 is 1.40 bits per heavy atom. The second kappa shape index (κ2) is 7.53. The fourth-order valence-corrected chi connectivity index (χ4v) is 3.47. The normalized spacial score (nSPS) is 13.5. The lowest BCUT2D eigenvalue weighted by molar-refractivity contribution is 1.23. The Balaban J connectivity index is 0.000000880. The first-order valence-corrected chi connectivity index (χ1v) is 9.19. The van der Waals surface area contributed by atoms with Gasteiger partial charge in [-0.2, -0.15) is 0 Å². The molecule has 3 aromatic carbocycles. The van der Waals surface area contributed by atoms with E-state index in [2.05, 4.69) is 86.7 Å². The molecule has 1 aliphatic carbocycles. The van der Waals surface area contributed by atoms with Crippen LogP contribution < -0.4 is 0 Å². The third-order valence-corrected chi connectivity index (χ3v) is 4.92. The number of hydrogen-bond donors (Lipinski definition) is 0. The van der Waals surface area contributed by atoms with Crippen molar-refractivity contribution in [1.82, 2.24) is 0 Å². The highest BCUT2D eigenvalue weighted by Gasteiger charge is 2.16. The van der Waals surface area contributed by atoms with Crippen LogP contribution in [0, 0.1) is 0 Å². The Morgan fingerprint density at radius 3 is 2.20 bits per heavy atom. The zero-order valence-corrected chi connectivity index (χ0v) is 15.6.